The molecule has 1 atom stereocenters. The molecule has 1 saturated heterocycles. The van der Waals surface area contributed by atoms with Crippen LogP contribution >= 0.6 is 0 Å². The monoisotopic (exact) mass is 465 g/mol. The third-order valence-electron chi connectivity index (χ3n) is 6.01. The van der Waals surface area contributed by atoms with E-state index in [0.29, 0.717) is 56.6 Å². The number of methoxy groups -OCH3 is 1. The maximum atomic E-state index is 14.3. The topological polar surface area (TPSA) is 54.9 Å². The maximum absolute atomic E-state index is 14.3. The molecule has 0 unspecified atom stereocenters. The van der Waals surface area contributed by atoms with Crippen molar-refractivity contribution in [1.82, 2.24) is 14.8 Å². The van der Waals surface area contributed by atoms with Crippen LogP contribution in [0.5, 0.6) is 5.75 Å². The number of morpholine rings is 1. The Morgan fingerprint density at radius 1 is 1.26 bits per heavy atom. The maximum Gasteiger partial charge on any atom is 0.253 e. The lowest BCUT2D eigenvalue weighted by Gasteiger charge is -2.35. The minimum Gasteiger partial charge on any atom is -0.497 e. The molecule has 1 aromatic heterocycles. The Balaban J connectivity index is 1.47. The van der Waals surface area contributed by atoms with E-state index in [4.69, 9.17) is 9.47 Å². The van der Waals surface area contributed by atoms with E-state index < -0.39 is 6.10 Å². The van der Waals surface area contributed by atoms with E-state index in [9.17, 15) is 9.18 Å². The van der Waals surface area contributed by atoms with Crippen molar-refractivity contribution >= 4 is 16.8 Å². The summed E-state index contributed by atoms with van der Waals surface area (Å²) < 4.78 is 25.5. The fourth-order valence-corrected chi connectivity index (χ4v) is 4.36. The molecule has 6 nitrogen and oxygen atoms in total. The van der Waals surface area contributed by atoms with Gasteiger partial charge in [-0.2, -0.15) is 0 Å². The largest absolute Gasteiger partial charge is 0.497 e. The lowest BCUT2D eigenvalue weighted by Crippen LogP contribution is -2.51. The third kappa shape index (κ3) is 5.90. The van der Waals surface area contributed by atoms with Crippen molar-refractivity contribution in [2.45, 2.75) is 33.0 Å². The summed E-state index contributed by atoms with van der Waals surface area (Å²) in [6, 6.07) is 14.8. The zero-order valence-corrected chi connectivity index (χ0v) is 20.0. The van der Waals surface area contributed by atoms with Gasteiger partial charge in [0.05, 0.1) is 19.2 Å². The molecule has 7 heteroatoms. The number of aromatic nitrogens is 1. The first kappa shape index (κ1) is 24.1. The Labute approximate surface area is 200 Å². The number of halogens is 1. The van der Waals surface area contributed by atoms with Gasteiger partial charge in [0, 0.05) is 49.9 Å². The predicted octanol–water partition coefficient (Wildman–Crippen LogP) is 4.27. The summed E-state index contributed by atoms with van der Waals surface area (Å²) >= 11 is 0. The van der Waals surface area contributed by atoms with E-state index in [1.165, 1.54) is 6.07 Å². The van der Waals surface area contributed by atoms with Crippen molar-refractivity contribution in [2.24, 2.45) is 5.92 Å². The normalized spacial score (nSPS) is 16.7. The van der Waals surface area contributed by atoms with Gasteiger partial charge in [0.1, 0.15) is 17.7 Å². The highest BCUT2D eigenvalue weighted by Crippen LogP contribution is 2.21. The van der Waals surface area contributed by atoms with Crippen molar-refractivity contribution in [1.29, 1.82) is 0 Å². The first-order valence-corrected chi connectivity index (χ1v) is 11.7. The van der Waals surface area contributed by atoms with Gasteiger partial charge in [-0.3, -0.25) is 14.7 Å². The molecule has 2 aromatic carbocycles. The van der Waals surface area contributed by atoms with Gasteiger partial charge in [-0.25, -0.2) is 4.39 Å². The summed E-state index contributed by atoms with van der Waals surface area (Å²) in [4.78, 5) is 21.9. The molecule has 0 N–H and O–H groups in total. The van der Waals surface area contributed by atoms with Gasteiger partial charge in [0.15, 0.2) is 0 Å². The van der Waals surface area contributed by atoms with Gasteiger partial charge in [0.25, 0.3) is 5.91 Å². The molecule has 1 aliphatic heterocycles. The Hall–Kier alpha value is -3.03. The summed E-state index contributed by atoms with van der Waals surface area (Å²) in [5.74, 6) is 0.626. The number of carbonyl (C=O) groups excluding carboxylic acids is 1. The minimum atomic E-state index is -0.580. The zero-order valence-electron chi connectivity index (χ0n) is 20.0. The predicted molar refractivity (Wildman–Crippen MR) is 130 cm³/mol. The molecule has 2 heterocycles. The lowest BCUT2D eigenvalue weighted by atomic mass is 10.1. The molecule has 0 spiro atoms. The van der Waals surface area contributed by atoms with Crippen molar-refractivity contribution < 1.29 is 18.7 Å². The van der Waals surface area contributed by atoms with E-state index in [1.54, 1.807) is 25.4 Å². The molecular formula is C27H32FN3O3. The summed E-state index contributed by atoms with van der Waals surface area (Å²) in [5.41, 5.74) is 2.54. The number of fused-ring (bicyclic) bond motifs is 1. The quantitative estimate of drug-likeness (QED) is 0.497. The number of pyridine rings is 1. The molecule has 34 heavy (non-hydrogen) atoms. The van der Waals surface area contributed by atoms with Crippen molar-refractivity contribution in [3.63, 3.8) is 0 Å². The molecule has 0 aliphatic carbocycles. The van der Waals surface area contributed by atoms with Gasteiger partial charge in [-0.15, -0.1) is 0 Å². The van der Waals surface area contributed by atoms with Crippen LogP contribution in [0.2, 0.25) is 0 Å². The summed E-state index contributed by atoms with van der Waals surface area (Å²) in [6.45, 7) is 7.24. The van der Waals surface area contributed by atoms with E-state index >= 15 is 0 Å². The van der Waals surface area contributed by atoms with Crippen LogP contribution in [0.4, 0.5) is 4.39 Å². The molecule has 1 amide bonds. The van der Waals surface area contributed by atoms with Crippen LogP contribution in [0.25, 0.3) is 10.9 Å². The number of nitrogens with zero attached hydrogens (tertiary/aromatic N) is 3. The Morgan fingerprint density at radius 3 is 2.91 bits per heavy atom. The summed E-state index contributed by atoms with van der Waals surface area (Å²) in [6.07, 6.45) is 1.20. The number of ether oxygens (including phenoxy) is 2. The number of hydrogen-bond acceptors (Lipinski definition) is 5. The van der Waals surface area contributed by atoms with Gasteiger partial charge >= 0.3 is 0 Å². The number of benzene rings is 2. The van der Waals surface area contributed by atoms with E-state index in [2.05, 4.69) is 29.8 Å². The van der Waals surface area contributed by atoms with Gasteiger partial charge in [-0.05, 0) is 47.9 Å². The SMILES string of the molecule is COc1ccc(F)c(CN2CCO[C@@H](C(=O)N(Cc3ccc4ncccc4c3)CC(C)C)C2)c1. The lowest BCUT2D eigenvalue weighted by molar-refractivity contribution is -0.151. The molecular weight excluding hydrogens is 433 g/mol. The minimum absolute atomic E-state index is 0.0317. The summed E-state index contributed by atoms with van der Waals surface area (Å²) in [5, 5.41) is 1.05. The van der Waals surface area contributed by atoms with Gasteiger partial charge in [-0.1, -0.05) is 26.0 Å². The number of rotatable bonds is 8. The third-order valence-corrected chi connectivity index (χ3v) is 6.01. The first-order valence-electron chi connectivity index (χ1n) is 11.7. The molecule has 0 saturated carbocycles. The van der Waals surface area contributed by atoms with Crippen molar-refractivity contribution in [2.75, 3.05) is 33.4 Å². The molecule has 0 bridgehead atoms. The van der Waals surface area contributed by atoms with Crippen LogP contribution in [0.15, 0.2) is 54.7 Å². The fraction of sp³-hybridized carbons (Fsp3) is 0.407. The van der Waals surface area contributed by atoms with Crippen LogP contribution < -0.4 is 4.74 Å². The molecule has 0 radical (unpaired) electrons. The smallest absolute Gasteiger partial charge is 0.253 e. The number of amides is 1. The van der Waals surface area contributed by atoms with Crippen LogP contribution in [-0.4, -0.2) is 60.1 Å². The second-order valence-electron chi connectivity index (χ2n) is 9.19. The number of carbonyl (C=O) groups is 1. The zero-order chi connectivity index (χ0) is 24.1. The average molecular weight is 466 g/mol. The molecule has 3 aromatic rings. The van der Waals surface area contributed by atoms with Crippen LogP contribution in [0.1, 0.15) is 25.0 Å². The molecule has 1 aliphatic rings. The highest BCUT2D eigenvalue weighted by atomic mass is 19.1. The van der Waals surface area contributed by atoms with E-state index in [-0.39, 0.29) is 11.7 Å². The van der Waals surface area contributed by atoms with Gasteiger partial charge < -0.3 is 14.4 Å². The highest BCUT2D eigenvalue weighted by Gasteiger charge is 2.31. The number of hydrogen-bond donors (Lipinski definition) is 0. The Bertz CT molecular complexity index is 1140. The highest BCUT2D eigenvalue weighted by molar-refractivity contribution is 5.82. The van der Waals surface area contributed by atoms with E-state index in [1.807, 2.05) is 29.2 Å². The molecule has 4 rings (SSSR count). The van der Waals surface area contributed by atoms with Crippen molar-refractivity contribution in [3.8, 4) is 5.75 Å². The first-order chi connectivity index (χ1) is 16.4. The van der Waals surface area contributed by atoms with Crippen molar-refractivity contribution in [3.05, 3.63) is 71.7 Å². The average Bonchev–Trinajstić information content (AvgIpc) is 2.84. The second-order valence-corrected chi connectivity index (χ2v) is 9.19. The summed E-state index contributed by atoms with van der Waals surface area (Å²) in [7, 11) is 1.57. The van der Waals surface area contributed by atoms with Gasteiger partial charge in [0.2, 0.25) is 0 Å². The standard InChI is InChI=1S/C27H32FN3O3/c1-19(2)15-31(16-20-6-9-25-21(13-20)5-4-10-29-25)27(32)26-18-30(11-12-34-26)17-22-14-23(33-3)7-8-24(22)28/h4-10,13-14,19,26H,11-12,15-18H2,1-3H3/t26-/m1/s1. The van der Waals surface area contributed by atoms with Crippen LogP contribution in [0.3, 0.4) is 0 Å². The Morgan fingerprint density at radius 2 is 2.12 bits per heavy atom. The molecule has 1 fully saturated rings. The second kappa shape index (κ2) is 10.9. The fourth-order valence-electron chi connectivity index (χ4n) is 4.36. The van der Waals surface area contributed by atoms with Crippen LogP contribution in [0, 0.1) is 11.7 Å². The Kier molecular flexibility index (Phi) is 7.75. The van der Waals surface area contributed by atoms with E-state index in [0.717, 1.165) is 16.5 Å². The van der Waals surface area contributed by atoms with Crippen LogP contribution in [-0.2, 0) is 22.6 Å². The molecule has 180 valence electrons.